The van der Waals surface area contributed by atoms with Crippen LogP contribution in [0.25, 0.3) is 10.9 Å². The van der Waals surface area contributed by atoms with Crippen molar-refractivity contribution < 1.29 is 4.74 Å². The first-order valence-corrected chi connectivity index (χ1v) is 12.4. The lowest BCUT2D eigenvalue weighted by molar-refractivity contribution is 0.193. The minimum Gasteiger partial charge on any atom is -0.381 e. The number of pyridine rings is 1. The van der Waals surface area contributed by atoms with E-state index in [1.54, 1.807) is 0 Å². The minimum atomic E-state index is 0.343. The summed E-state index contributed by atoms with van der Waals surface area (Å²) in [6.07, 6.45) is 6.55. The molecular weight excluding hydrogens is 430 g/mol. The molecule has 178 valence electrons. The molecule has 3 fully saturated rings. The highest BCUT2D eigenvalue weighted by molar-refractivity contribution is 5.89. The molecule has 3 aliphatic rings. The summed E-state index contributed by atoms with van der Waals surface area (Å²) in [6.45, 7) is 7.38. The molecule has 0 bridgehead atoms. The van der Waals surface area contributed by atoms with Gasteiger partial charge in [0.05, 0.1) is 6.61 Å². The van der Waals surface area contributed by atoms with Crippen molar-refractivity contribution in [1.29, 1.82) is 0 Å². The van der Waals surface area contributed by atoms with Crippen LogP contribution in [0.4, 0.5) is 23.4 Å². The molecule has 1 unspecified atom stereocenters. The first kappa shape index (κ1) is 21.4. The van der Waals surface area contributed by atoms with Crippen molar-refractivity contribution in [1.82, 2.24) is 30.5 Å². The van der Waals surface area contributed by atoms with Crippen LogP contribution in [0.15, 0.2) is 24.4 Å². The van der Waals surface area contributed by atoms with Crippen molar-refractivity contribution >= 4 is 34.3 Å². The smallest absolute Gasteiger partial charge is 0.229 e. The number of aromatic nitrogens is 5. The average Bonchev–Trinajstić information content (AvgIpc) is 3.45. The summed E-state index contributed by atoms with van der Waals surface area (Å²) in [5.41, 5.74) is 1.97. The van der Waals surface area contributed by atoms with Crippen LogP contribution in [0.1, 0.15) is 37.3 Å². The molecule has 0 aromatic carbocycles. The summed E-state index contributed by atoms with van der Waals surface area (Å²) in [5, 5.41) is 16.4. The highest BCUT2D eigenvalue weighted by atomic mass is 16.5. The summed E-state index contributed by atoms with van der Waals surface area (Å²) in [5.74, 6) is 3.34. The van der Waals surface area contributed by atoms with Gasteiger partial charge in [0.15, 0.2) is 17.5 Å². The molecule has 1 atom stereocenters. The maximum Gasteiger partial charge on any atom is 0.229 e. The maximum absolute atomic E-state index is 5.63. The second kappa shape index (κ2) is 9.63. The topological polar surface area (TPSA) is 104 Å². The Morgan fingerprint density at radius 1 is 0.971 bits per heavy atom. The summed E-state index contributed by atoms with van der Waals surface area (Å²) in [6, 6.07) is 6.07. The van der Waals surface area contributed by atoms with Gasteiger partial charge in [0, 0.05) is 69.1 Å². The molecule has 3 aromatic heterocycles. The molecule has 3 saturated heterocycles. The number of hydrogen-bond acceptors (Lipinski definition) is 10. The highest BCUT2D eigenvalue weighted by Crippen LogP contribution is 2.32. The maximum atomic E-state index is 5.63. The van der Waals surface area contributed by atoms with E-state index in [-0.39, 0.29) is 0 Å². The quantitative estimate of drug-likeness (QED) is 0.589. The number of rotatable bonds is 5. The van der Waals surface area contributed by atoms with E-state index < -0.39 is 0 Å². The van der Waals surface area contributed by atoms with Crippen molar-refractivity contribution in [3.63, 3.8) is 0 Å². The summed E-state index contributed by atoms with van der Waals surface area (Å²) in [7, 11) is 0. The van der Waals surface area contributed by atoms with Gasteiger partial charge in [-0.05, 0) is 43.9 Å². The predicted octanol–water partition coefficient (Wildman–Crippen LogP) is 2.46. The van der Waals surface area contributed by atoms with Gasteiger partial charge in [-0.3, -0.25) is 0 Å². The van der Waals surface area contributed by atoms with Crippen LogP contribution in [0.2, 0.25) is 0 Å². The lowest BCUT2D eigenvalue weighted by Gasteiger charge is -2.29. The molecule has 0 radical (unpaired) electrons. The van der Waals surface area contributed by atoms with Gasteiger partial charge in [0.2, 0.25) is 5.95 Å². The standard InChI is InChI=1S/C24H31N9O/c1-2-9-33(10-3-1)23-22-18(14-19(27-23)17-6-13-34-16-17)15-26-24(29-22)28-20-4-5-21(31-30-20)32-11-7-25-8-12-32/h4-5,14-15,17,25H,1-3,6-13,16H2,(H,26,28,29,30). The average molecular weight is 462 g/mol. The first-order valence-electron chi connectivity index (χ1n) is 12.4. The summed E-state index contributed by atoms with van der Waals surface area (Å²) in [4.78, 5) is 19.2. The number of nitrogens with zero attached hydrogens (tertiary/aromatic N) is 7. The Morgan fingerprint density at radius 2 is 1.85 bits per heavy atom. The van der Waals surface area contributed by atoms with Crippen molar-refractivity contribution in [3.05, 3.63) is 30.1 Å². The zero-order valence-electron chi connectivity index (χ0n) is 19.4. The minimum absolute atomic E-state index is 0.343. The van der Waals surface area contributed by atoms with Gasteiger partial charge in [-0.1, -0.05) is 0 Å². The Hall–Kier alpha value is -3.11. The predicted molar refractivity (Wildman–Crippen MR) is 132 cm³/mol. The van der Waals surface area contributed by atoms with Crippen molar-refractivity contribution in [2.24, 2.45) is 0 Å². The Balaban J connectivity index is 1.29. The van der Waals surface area contributed by atoms with Crippen LogP contribution < -0.4 is 20.4 Å². The third-order valence-electron chi connectivity index (χ3n) is 6.90. The first-order chi connectivity index (χ1) is 16.8. The monoisotopic (exact) mass is 461 g/mol. The van der Waals surface area contributed by atoms with E-state index >= 15 is 0 Å². The van der Waals surface area contributed by atoms with Crippen molar-refractivity contribution in [2.45, 2.75) is 31.6 Å². The van der Waals surface area contributed by atoms with E-state index in [0.29, 0.717) is 17.7 Å². The molecule has 2 N–H and O–H groups in total. The number of ether oxygens (including phenoxy) is 1. The molecule has 0 amide bonds. The Kier molecular flexibility index (Phi) is 6.07. The fourth-order valence-electron chi connectivity index (χ4n) is 4.98. The lowest BCUT2D eigenvalue weighted by Crippen LogP contribution is -2.43. The molecule has 10 nitrogen and oxygen atoms in total. The van der Waals surface area contributed by atoms with Crippen LogP contribution >= 0.6 is 0 Å². The van der Waals surface area contributed by atoms with Gasteiger partial charge in [-0.25, -0.2) is 15.0 Å². The van der Waals surface area contributed by atoms with E-state index in [1.165, 1.54) is 19.3 Å². The Bertz CT molecular complexity index is 1120. The van der Waals surface area contributed by atoms with E-state index in [0.717, 1.165) is 87.1 Å². The van der Waals surface area contributed by atoms with Crippen LogP contribution in [0, 0.1) is 0 Å². The van der Waals surface area contributed by atoms with E-state index in [4.69, 9.17) is 14.7 Å². The molecule has 0 saturated carbocycles. The van der Waals surface area contributed by atoms with Crippen LogP contribution in [-0.2, 0) is 4.74 Å². The zero-order chi connectivity index (χ0) is 22.7. The summed E-state index contributed by atoms with van der Waals surface area (Å²) >= 11 is 0. The molecule has 3 aliphatic heterocycles. The van der Waals surface area contributed by atoms with Gasteiger partial charge in [-0.2, -0.15) is 0 Å². The zero-order valence-corrected chi connectivity index (χ0v) is 19.4. The number of nitrogens with one attached hydrogen (secondary N) is 2. The van der Waals surface area contributed by atoms with Gasteiger partial charge >= 0.3 is 0 Å². The van der Waals surface area contributed by atoms with Crippen LogP contribution in [0.3, 0.4) is 0 Å². The van der Waals surface area contributed by atoms with E-state index in [1.807, 2.05) is 18.3 Å². The fourth-order valence-corrected chi connectivity index (χ4v) is 4.98. The third kappa shape index (κ3) is 4.47. The molecule has 6 rings (SSSR count). The largest absolute Gasteiger partial charge is 0.381 e. The second-order valence-corrected chi connectivity index (χ2v) is 9.25. The number of piperidine rings is 1. The van der Waals surface area contributed by atoms with Crippen molar-refractivity contribution in [3.8, 4) is 0 Å². The molecule has 3 aromatic rings. The SMILES string of the molecule is c1cc(N2CCNCC2)nnc1Nc1ncc2cc(C3CCOC3)nc(N3CCCCC3)c2n1. The highest BCUT2D eigenvalue weighted by Gasteiger charge is 2.24. The molecule has 10 heteroatoms. The van der Waals surface area contributed by atoms with Crippen LogP contribution in [0.5, 0.6) is 0 Å². The molecular formula is C24H31N9O. The number of hydrogen-bond donors (Lipinski definition) is 2. The molecule has 6 heterocycles. The number of piperazine rings is 1. The van der Waals surface area contributed by atoms with Gasteiger partial charge in [0.1, 0.15) is 5.52 Å². The van der Waals surface area contributed by atoms with Gasteiger partial charge in [0.25, 0.3) is 0 Å². The Labute approximate surface area is 199 Å². The second-order valence-electron chi connectivity index (χ2n) is 9.25. The molecule has 34 heavy (non-hydrogen) atoms. The van der Waals surface area contributed by atoms with Gasteiger partial charge in [-0.15, -0.1) is 10.2 Å². The normalized spacial score (nSPS) is 21.2. The van der Waals surface area contributed by atoms with Gasteiger partial charge < -0.3 is 25.2 Å². The fraction of sp³-hybridized carbons (Fsp3) is 0.542. The number of fused-ring (bicyclic) bond motifs is 1. The van der Waals surface area contributed by atoms with E-state index in [9.17, 15) is 0 Å². The lowest BCUT2D eigenvalue weighted by atomic mass is 10.0. The Morgan fingerprint density at radius 3 is 2.62 bits per heavy atom. The van der Waals surface area contributed by atoms with Crippen molar-refractivity contribution in [2.75, 3.05) is 67.6 Å². The van der Waals surface area contributed by atoms with Crippen LogP contribution in [-0.4, -0.2) is 77.6 Å². The molecule has 0 spiro atoms. The summed E-state index contributed by atoms with van der Waals surface area (Å²) < 4.78 is 5.63. The number of anilines is 4. The third-order valence-corrected chi connectivity index (χ3v) is 6.90. The van der Waals surface area contributed by atoms with E-state index in [2.05, 4.69) is 41.7 Å². The molecule has 0 aliphatic carbocycles.